The van der Waals surface area contributed by atoms with E-state index in [1.807, 2.05) is 25.1 Å². The van der Waals surface area contributed by atoms with Gasteiger partial charge in [0, 0.05) is 50.1 Å². The fourth-order valence-corrected chi connectivity index (χ4v) is 3.13. The summed E-state index contributed by atoms with van der Waals surface area (Å²) in [4.78, 5) is 40.6. The minimum Gasteiger partial charge on any atom is -0.497 e. The Morgan fingerprint density at radius 1 is 1.10 bits per heavy atom. The average molecular weight is 396 g/mol. The van der Waals surface area contributed by atoms with Gasteiger partial charge in [0.2, 0.25) is 11.8 Å². The molecule has 1 heterocycles. The highest BCUT2D eigenvalue weighted by atomic mass is 16.5. The standard InChI is InChI=1S/C21H24N4O4/c1-24(2)16-7-4-6-14(10-16)20(27)22-23-21(28)15-11-19(26)25(13-15)17-8-5-9-18(12-17)29-3/h4-10,12,15H,11,13H2,1-3H3,(H,22,27)(H,23,28). The number of methoxy groups -OCH3 is 1. The summed E-state index contributed by atoms with van der Waals surface area (Å²) in [5.41, 5.74) is 6.83. The maximum atomic E-state index is 12.5. The maximum Gasteiger partial charge on any atom is 0.269 e. The second-order valence-electron chi connectivity index (χ2n) is 7.00. The third-order valence-electron chi connectivity index (χ3n) is 4.78. The molecule has 3 rings (SSSR count). The van der Waals surface area contributed by atoms with E-state index >= 15 is 0 Å². The molecule has 1 aliphatic rings. The first-order valence-corrected chi connectivity index (χ1v) is 9.21. The van der Waals surface area contributed by atoms with Crippen molar-refractivity contribution >= 4 is 29.1 Å². The van der Waals surface area contributed by atoms with E-state index in [1.54, 1.807) is 54.5 Å². The van der Waals surface area contributed by atoms with Crippen molar-refractivity contribution in [2.45, 2.75) is 6.42 Å². The molecule has 0 spiro atoms. The number of ether oxygens (including phenoxy) is 1. The zero-order chi connectivity index (χ0) is 21.0. The van der Waals surface area contributed by atoms with Crippen LogP contribution in [0.4, 0.5) is 11.4 Å². The lowest BCUT2D eigenvalue weighted by atomic mass is 10.1. The third-order valence-corrected chi connectivity index (χ3v) is 4.78. The number of nitrogens with one attached hydrogen (secondary N) is 2. The van der Waals surface area contributed by atoms with Gasteiger partial charge >= 0.3 is 0 Å². The number of rotatable bonds is 5. The van der Waals surface area contributed by atoms with E-state index in [4.69, 9.17) is 4.74 Å². The summed E-state index contributed by atoms with van der Waals surface area (Å²) in [6.45, 7) is 0.240. The number of carbonyl (C=O) groups is 3. The van der Waals surface area contributed by atoms with Crippen molar-refractivity contribution in [2.24, 2.45) is 5.92 Å². The highest BCUT2D eigenvalue weighted by molar-refractivity contribution is 6.01. The number of carbonyl (C=O) groups excluding carboxylic acids is 3. The number of anilines is 2. The first kappa shape index (κ1) is 20.2. The second kappa shape index (κ2) is 8.64. The summed E-state index contributed by atoms with van der Waals surface area (Å²) in [7, 11) is 5.31. The molecule has 2 aromatic carbocycles. The Morgan fingerprint density at radius 2 is 1.86 bits per heavy atom. The van der Waals surface area contributed by atoms with Gasteiger partial charge in [-0.2, -0.15) is 0 Å². The van der Waals surface area contributed by atoms with Gasteiger partial charge in [-0.1, -0.05) is 12.1 Å². The van der Waals surface area contributed by atoms with E-state index in [9.17, 15) is 14.4 Å². The zero-order valence-electron chi connectivity index (χ0n) is 16.6. The molecule has 1 saturated heterocycles. The Labute approximate surface area is 169 Å². The van der Waals surface area contributed by atoms with E-state index in [0.29, 0.717) is 17.0 Å². The number of nitrogens with zero attached hydrogens (tertiary/aromatic N) is 2. The molecular weight excluding hydrogens is 372 g/mol. The van der Waals surface area contributed by atoms with Crippen molar-refractivity contribution in [3.05, 3.63) is 54.1 Å². The predicted octanol–water partition coefficient (Wildman–Crippen LogP) is 1.58. The molecule has 1 aliphatic heterocycles. The lowest BCUT2D eigenvalue weighted by molar-refractivity contribution is -0.126. The minimum atomic E-state index is -0.554. The Kier molecular flexibility index (Phi) is 6.01. The molecule has 0 bridgehead atoms. The van der Waals surface area contributed by atoms with Crippen LogP contribution in [-0.4, -0.2) is 45.5 Å². The molecular formula is C21H24N4O4. The fraction of sp³-hybridized carbons (Fsp3) is 0.286. The van der Waals surface area contributed by atoms with Crippen LogP contribution < -0.4 is 25.4 Å². The second-order valence-corrected chi connectivity index (χ2v) is 7.00. The molecule has 0 saturated carbocycles. The summed E-state index contributed by atoms with van der Waals surface area (Å²) < 4.78 is 5.19. The van der Waals surface area contributed by atoms with Gasteiger partial charge in [-0.05, 0) is 30.3 Å². The molecule has 2 aromatic rings. The quantitative estimate of drug-likeness (QED) is 0.749. The molecule has 0 radical (unpaired) electrons. The summed E-state index contributed by atoms with van der Waals surface area (Å²) in [5.74, 6) is -0.891. The first-order valence-electron chi connectivity index (χ1n) is 9.21. The van der Waals surface area contributed by atoms with Crippen LogP contribution >= 0.6 is 0 Å². The summed E-state index contributed by atoms with van der Waals surface area (Å²) >= 11 is 0. The molecule has 1 atom stereocenters. The van der Waals surface area contributed by atoms with Crippen molar-refractivity contribution in [2.75, 3.05) is 37.5 Å². The highest BCUT2D eigenvalue weighted by Crippen LogP contribution is 2.27. The topological polar surface area (TPSA) is 91.0 Å². The molecule has 3 amide bonds. The molecule has 0 aliphatic carbocycles. The normalized spacial score (nSPS) is 15.8. The lowest BCUT2D eigenvalue weighted by Gasteiger charge is -2.17. The van der Waals surface area contributed by atoms with Gasteiger partial charge in [0.1, 0.15) is 5.75 Å². The molecule has 0 aromatic heterocycles. The SMILES string of the molecule is COc1cccc(N2CC(C(=O)NNC(=O)c3cccc(N(C)C)c3)CC2=O)c1. The van der Waals surface area contributed by atoms with E-state index in [2.05, 4.69) is 10.9 Å². The van der Waals surface area contributed by atoms with E-state index in [1.165, 1.54) is 0 Å². The summed E-state index contributed by atoms with van der Waals surface area (Å²) in [6.07, 6.45) is 0.0784. The van der Waals surface area contributed by atoms with Crippen LogP contribution in [0.15, 0.2) is 48.5 Å². The van der Waals surface area contributed by atoms with Gasteiger partial charge < -0.3 is 14.5 Å². The molecule has 1 unspecified atom stereocenters. The third kappa shape index (κ3) is 4.66. The first-order chi connectivity index (χ1) is 13.9. The fourth-order valence-electron chi connectivity index (χ4n) is 3.13. The van der Waals surface area contributed by atoms with Crippen molar-refractivity contribution in [3.63, 3.8) is 0 Å². The van der Waals surface area contributed by atoms with Crippen LogP contribution in [0, 0.1) is 5.92 Å². The smallest absolute Gasteiger partial charge is 0.269 e. The monoisotopic (exact) mass is 396 g/mol. The van der Waals surface area contributed by atoms with Crippen LogP contribution in [0.3, 0.4) is 0 Å². The highest BCUT2D eigenvalue weighted by Gasteiger charge is 2.35. The maximum absolute atomic E-state index is 12.5. The van der Waals surface area contributed by atoms with Gasteiger partial charge in [-0.3, -0.25) is 25.2 Å². The van der Waals surface area contributed by atoms with E-state index in [0.717, 1.165) is 5.69 Å². The summed E-state index contributed by atoms with van der Waals surface area (Å²) in [6, 6.07) is 14.2. The Hall–Kier alpha value is -3.55. The number of hydrogen-bond donors (Lipinski definition) is 2. The number of benzene rings is 2. The van der Waals surface area contributed by atoms with Crippen molar-refractivity contribution in [1.29, 1.82) is 0 Å². The van der Waals surface area contributed by atoms with Gasteiger partial charge in [-0.15, -0.1) is 0 Å². The molecule has 2 N–H and O–H groups in total. The molecule has 152 valence electrons. The number of hydrazine groups is 1. The molecule has 1 fully saturated rings. The van der Waals surface area contributed by atoms with Gasteiger partial charge in [0.05, 0.1) is 13.0 Å². The molecule has 8 heteroatoms. The van der Waals surface area contributed by atoms with Crippen molar-refractivity contribution in [3.8, 4) is 5.75 Å². The zero-order valence-corrected chi connectivity index (χ0v) is 16.6. The largest absolute Gasteiger partial charge is 0.497 e. The predicted molar refractivity (Wildman–Crippen MR) is 110 cm³/mol. The minimum absolute atomic E-state index is 0.0784. The number of hydrogen-bond acceptors (Lipinski definition) is 5. The summed E-state index contributed by atoms with van der Waals surface area (Å²) in [5, 5.41) is 0. The van der Waals surface area contributed by atoms with Crippen LogP contribution in [-0.2, 0) is 9.59 Å². The lowest BCUT2D eigenvalue weighted by Crippen LogP contribution is -2.45. The van der Waals surface area contributed by atoms with E-state index < -0.39 is 17.7 Å². The van der Waals surface area contributed by atoms with Gasteiger partial charge in [0.25, 0.3) is 5.91 Å². The van der Waals surface area contributed by atoms with Gasteiger partial charge in [0.15, 0.2) is 0 Å². The molecule has 29 heavy (non-hydrogen) atoms. The Balaban J connectivity index is 1.59. The van der Waals surface area contributed by atoms with E-state index in [-0.39, 0.29) is 18.9 Å². The average Bonchev–Trinajstić information content (AvgIpc) is 3.13. The van der Waals surface area contributed by atoms with Crippen molar-refractivity contribution < 1.29 is 19.1 Å². The van der Waals surface area contributed by atoms with Crippen molar-refractivity contribution in [1.82, 2.24) is 10.9 Å². The van der Waals surface area contributed by atoms with Crippen LogP contribution in [0.25, 0.3) is 0 Å². The Morgan fingerprint density at radius 3 is 2.59 bits per heavy atom. The van der Waals surface area contributed by atoms with Gasteiger partial charge in [-0.25, -0.2) is 0 Å². The number of amides is 3. The van der Waals surface area contributed by atoms with Crippen LogP contribution in [0.2, 0.25) is 0 Å². The Bertz CT molecular complexity index is 928. The molecule has 8 nitrogen and oxygen atoms in total. The van der Waals surface area contributed by atoms with Crippen LogP contribution in [0.5, 0.6) is 5.75 Å². The van der Waals surface area contributed by atoms with Crippen LogP contribution in [0.1, 0.15) is 16.8 Å².